The van der Waals surface area contributed by atoms with Crippen LogP contribution in [0, 0.1) is 0 Å². The number of hydrogen-bond acceptors (Lipinski definition) is 2. The number of aromatic nitrogens is 3. The summed E-state index contributed by atoms with van der Waals surface area (Å²) in [7, 11) is 0. The van der Waals surface area contributed by atoms with E-state index in [-0.39, 0.29) is 0 Å². The van der Waals surface area contributed by atoms with Gasteiger partial charge in [0, 0.05) is 24.5 Å². The molecular formula is C11H11N3. The van der Waals surface area contributed by atoms with Gasteiger partial charge in [0.15, 0.2) is 5.82 Å². The highest BCUT2D eigenvalue weighted by atomic mass is 14.9. The summed E-state index contributed by atoms with van der Waals surface area (Å²) in [5, 5.41) is 0. The van der Waals surface area contributed by atoms with E-state index in [9.17, 15) is 0 Å². The van der Waals surface area contributed by atoms with Crippen LogP contribution in [-0.2, 0) is 6.42 Å². The zero-order valence-corrected chi connectivity index (χ0v) is 7.77. The van der Waals surface area contributed by atoms with E-state index in [1.165, 1.54) is 0 Å². The van der Waals surface area contributed by atoms with Crippen molar-refractivity contribution in [1.29, 1.82) is 0 Å². The van der Waals surface area contributed by atoms with Gasteiger partial charge in [0.2, 0.25) is 0 Å². The fraction of sp³-hybridized carbons (Fsp3) is 0.0909. The van der Waals surface area contributed by atoms with Crippen LogP contribution in [0.5, 0.6) is 0 Å². The minimum absolute atomic E-state index is 0.805. The number of imidazole rings is 1. The molecule has 2 heterocycles. The van der Waals surface area contributed by atoms with Crippen LogP contribution in [0.1, 0.15) is 5.69 Å². The van der Waals surface area contributed by atoms with E-state index in [1.54, 1.807) is 6.20 Å². The molecule has 0 unspecified atom stereocenters. The summed E-state index contributed by atoms with van der Waals surface area (Å²) in [4.78, 5) is 11.6. The van der Waals surface area contributed by atoms with E-state index in [1.807, 2.05) is 30.5 Å². The minimum atomic E-state index is 0.805. The predicted octanol–water partition coefficient (Wildman–Crippen LogP) is 2.20. The summed E-state index contributed by atoms with van der Waals surface area (Å²) in [6, 6.07) is 5.76. The van der Waals surface area contributed by atoms with E-state index in [0.29, 0.717) is 0 Å². The van der Waals surface area contributed by atoms with Crippen molar-refractivity contribution in [2.75, 3.05) is 0 Å². The minimum Gasteiger partial charge on any atom is -0.340 e. The van der Waals surface area contributed by atoms with Gasteiger partial charge >= 0.3 is 0 Å². The number of rotatable bonds is 3. The van der Waals surface area contributed by atoms with Crippen molar-refractivity contribution < 1.29 is 0 Å². The molecule has 3 nitrogen and oxygen atoms in total. The van der Waals surface area contributed by atoms with Gasteiger partial charge in [-0.05, 0) is 12.1 Å². The van der Waals surface area contributed by atoms with Crippen molar-refractivity contribution in [3.05, 3.63) is 48.9 Å². The topological polar surface area (TPSA) is 41.6 Å². The Labute approximate surface area is 82.5 Å². The molecule has 0 aliphatic carbocycles. The van der Waals surface area contributed by atoms with Crippen LogP contribution >= 0.6 is 0 Å². The SMILES string of the molecule is C=CCc1cnc(-c2ccccn2)[nH]1. The molecule has 0 spiro atoms. The molecule has 0 saturated heterocycles. The highest BCUT2D eigenvalue weighted by Gasteiger charge is 2.02. The number of allylic oxidation sites excluding steroid dienone is 1. The van der Waals surface area contributed by atoms with E-state index in [2.05, 4.69) is 21.5 Å². The lowest BCUT2D eigenvalue weighted by Crippen LogP contribution is -1.84. The van der Waals surface area contributed by atoms with Crippen molar-refractivity contribution in [1.82, 2.24) is 15.0 Å². The van der Waals surface area contributed by atoms with Crippen molar-refractivity contribution in [2.24, 2.45) is 0 Å². The number of nitrogens with one attached hydrogen (secondary N) is 1. The van der Waals surface area contributed by atoms with Crippen LogP contribution in [0.15, 0.2) is 43.2 Å². The molecule has 0 aliphatic rings. The quantitative estimate of drug-likeness (QED) is 0.745. The second-order valence-electron chi connectivity index (χ2n) is 2.96. The molecule has 3 heteroatoms. The van der Waals surface area contributed by atoms with Crippen LogP contribution < -0.4 is 0 Å². The normalized spacial score (nSPS) is 10.0. The van der Waals surface area contributed by atoms with Gasteiger partial charge in [0.05, 0.1) is 0 Å². The average molecular weight is 185 g/mol. The zero-order chi connectivity index (χ0) is 9.80. The number of pyridine rings is 1. The predicted molar refractivity (Wildman–Crippen MR) is 55.7 cm³/mol. The molecule has 14 heavy (non-hydrogen) atoms. The Morgan fingerprint density at radius 2 is 2.29 bits per heavy atom. The lowest BCUT2D eigenvalue weighted by atomic mass is 10.3. The van der Waals surface area contributed by atoms with Gasteiger partial charge < -0.3 is 4.98 Å². The third kappa shape index (κ3) is 1.71. The zero-order valence-electron chi connectivity index (χ0n) is 7.77. The van der Waals surface area contributed by atoms with Crippen LogP contribution in [-0.4, -0.2) is 15.0 Å². The summed E-state index contributed by atoms with van der Waals surface area (Å²) < 4.78 is 0. The molecule has 0 aromatic carbocycles. The Kier molecular flexibility index (Phi) is 2.40. The molecule has 0 bridgehead atoms. The van der Waals surface area contributed by atoms with Crippen LogP contribution in [0.2, 0.25) is 0 Å². The molecule has 0 aliphatic heterocycles. The number of aromatic amines is 1. The molecule has 70 valence electrons. The smallest absolute Gasteiger partial charge is 0.156 e. The maximum atomic E-state index is 4.24. The molecule has 0 saturated carbocycles. The van der Waals surface area contributed by atoms with Crippen LogP contribution in [0.3, 0.4) is 0 Å². The Hall–Kier alpha value is -1.90. The molecule has 0 amide bonds. The highest BCUT2D eigenvalue weighted by Crippen LogP contribution is 2.11. The molecule has 0 atom stereocenters. The van der Waals surface area contributed by atoms with Crippen LogP contribution in [0.25, 0.3) is 11.5 Å². The fourth-order valence-electron chi connectivity index (χ4n) is 1.25. The summed E-state index contributed by atoms with van der Waals surface area (Å²) in [5.74, 6) is 0.808. The molecular weight excluding hydrogens is 174 g/mol. The Morgan fingerprint density at radius 1 is 1.36 bits per heavy atom. The Morgan fingerprint density at radius 3 is 3.00 bits per heavy atom. The summed E-state index contributed by atoms with van der Waals surface area (Å²) >= 11 is 0. The molecule has 0 radical (unpaired) electrons. The lowest BCUT2D eigenvalue weighted by Gasteiger charge is -1.93. The first-order valence-corrected chi connectivity index (χ1v) is 4.46. The van der Waals surface area contributed by atoms with Crippen molar-refractivity contribution in [3.8, 4) is 11.5 Å². The van der Waals surface area contributed by atoms with E-state index < -0.39 is 0 Å². The fourth-order valence-corrected chi connectivity index (χ4v) is 1.25. The van der Waals surface area contributed by atoms with E-state index >= 15 is 0 Å². The van der Waals surface area contributed by atoms with Gasteiger partial charge in [-0.1, -0.05) is 12.1 Å². The van der Waals surface area contributed by atoms with Crippen LogP contribution in [0.4, 0.5) is 0 Å². The van der Waals surface area contributed by atoms with Crippen molar-refractivity contribution >= 4 is 0 Å². The maximum Gasteiger partial charge on any atom is 0.156 e. The number of nitrogens with zero attached hydrogens (tertiary/aromatic N) is 2. The molecule has 1 N–H and O–H groups in total. The average Bonchev–Trinajstić information content (AvgIpc) is 2.68. The first-order chi connectivity index (χ1) is 6.90. The maximum absolute atomic E-state index is 4.24. The Balaban J connectivity index is 2.29. The third-order valence-electron chi connectivity index (χ3n) is 1.90. The van der Waals surface area contributed by atoms with Crippen molar-refractivity contribution in [3.63, 3.8) is 0 Å². The van der Waals surface area contributed by atoms with E-state index in [0.717, 1.165) is 23.6 Å². The van der Waals surface area contributed by atoms with Gasteiger partial charge in [-0.2, -0.15) is 0 Å². The summed E-state index contributed by atoms with van der Waals surface area (Å²) in [6.45, 7) is 3.67. The monoisotopic (exact) mass is 185 g/mol. The van der Waals surface area contributed by atoms with E-state index in [4.69, 9.17) is 0 Å². The molecule has 0 fully saturated rings. The standard InChI is InChI=1S/C11H11N3/c1-2-5-9-8-13-11(14-9)10-6-3-4-7-12-10/h2-4,6-8H,1,5H2,(H,13,14). The second-order valence-corrected chi connectivity index (χ2v) is 2.96. The molecule has 2 rings (SSSR count). The molecule has 2 aromatic heterocycles. The Bertz CT molecular complexity index is 417. The van der Waals surface area contributed by atoms with Gasteiger partial charge in [0.1, 0.15) is 5.69 Å². The molecule has 2 aromatic rings. The largest absolute Gasteiger partial charge is 0.340 e. The van der Waals surface area contributed by atoms with Gasteiger partial charge in [-0.3, -0.25) is 4.98 Å². The first kappa shape index (κ1) is 8.69. The van der Waals surface area contributed by atoms with Gasteiger partial charge in [-0.15, -0.1) is 6.58 Å². The number of hydrogen-bond donors (Lipinski definition) is 1. The summed E-state index contributed by atoms with van der Waals surface area (Å²) in [5.41, 5.74) is 1.92. The first-order valence-electron chi connectivity index (χ1n) is 4.46. The number of H-pyrrole nitrogens is 1. The second kappa shape index (κ2) is 3.87. The van der Waals surface area contributed by atoms with Gasteiger partial charge in [0.25, 0.3) is 0 Å². The highest BCUT2D eigenvalue weighted by molar-refractivity contribution is 5.48. The lowest BCUT2D eigenvalue weighted by molar-refractivity contribution is 1.15. The third-order valence-corrected chi connectivity index (χ3v) is 1.90. The van der Waals surface area contributed by atoms with Gasteiger partial charge in [-0.25, -0.2) is 4.98 Å². The summed E-state index contributed by atoms with van der Waals surface area (Å²) in [6.07, 6.45) is 6.21. The van der Waals surface area contributed by atoms with Crippen molar-refractivity contribution in [2.45, 2.75) is 6.42 Å².